The van der Waals surface area contributed by atoms with Crippen molar-refractivity contribution in [3.05, 3.63) is 41.0 Å². The number of quaternary nitrogens is 1. The van der Waals surface area contributed by atoms with E-state index in [9.17, 15) is 5.26 Å². The fraction of sp³-hybridized carbons (Fsp3) is 0.455. The standard InChI is InChI=1S/C22H25N5/c23-15-18-16-7-6-8-17(16)21(24-11-14-26-12-4-1-5-13-26)27-20-10-3-2-9-19(20)25-22(18)27/h2-3,9-10,24H,1,4-8,11-14H2/p+1. The summed E-state index contributed by atoms with van der Waals surface area (Å²) in [5, 5.41) is 13.6. The largest absolute Gasteiger partial charge is 0.365 e. The average Bonchev–Trinajstić information content (AvgIpc) is 3.33. The zero-order chi connectivity index (χ0) is 18.2. The molecule has 2 aromatic heterocycles. The number of benzene rings is 1. The lowest BCUT2D eigenvalue weighted by atomic mass is 10.1. The highest BCUT2D eigenvalue weighted by atomic mass is 15.2. The second-order valence-corrected chi connectivity index (χ2v) is 7.89. The Morgan fingerprint density at radius 3 is 2.74 bits per heavy atom. The van der Waals surface area contributed by atoms with Crippen molar-refractivity contribution in [3.8, 4) is 6.07 Å². The van der Waals surface area contributed by atoms with E-state index in [2.05, 4.69) is 27.9 Å². The summed E-state index contributed by atoms with van der Waals surface area (Å²) in [5.74, 6) is 1.17. The number of piperidine rings is 1. The first kappa shape index (κ1) is 16.6. The Bertz CT molecular complexity index is 1040. The zero-order valence-electron chi connectivity index (χ0n) is 15.7. The average molecular weight is 360 g/mol. The summed E-state index contributed by atoms with van der Waals surface area (Å²) >= 11 is 0. The minimum Gasteiger partial charge on any atom is -0.365 e. The van der Waals surface area contributed by atoms with E-state index < -0.39 is 0 Å². The maximum absolute atomic E-state index is 9.83. The number of likely N-dealkylation sites (tertiary alicyclic amines) is 1. The van der Waals surface area contributed by atoms with E-state index in [1.807, 2.05) is 12.1 Å². The van der Waals surface area contributed by atoms with Gasteiger partial charge in [-0.15, -0.1) is 0 Å². The number of aromatic nitrogens is 2. The van der Waals surface area contributed by atoms with Crippen LogP contribution in [0.5, 0.6) is 0 Å². The van der Waals surface area contributed by atoms with Gasteiger partial charge in [-0.2, -0.15) is 5.26 Å². The number of nitriles is 1. The van der Waals surface area contributed by atoms with Crippen LogP contribution in [0.25, 0.3) is 16.7 Å². The molecular weight excluding hydrogens is 334 g/mol. The first-order chi connectivity index (χ1) is 13.4. The van der Waals surface area contributed by atoms with Gasteiger partial charge in [0.05, 0.1) is 42.8 Å². The number of nitrogens with zero attached hydrogens (tertiary/aromatic N) is 3. The third kappa shape index (κ3) is 2.76. The minimum atomic E-state index is 0.769. The molecule has 5 nitrogen and oxygen atoms in total. The summed E-state index contributed by atoms with van der Waals surface area (Å²) in [6, 6.07) is 10.7. The molecule has 138 valence electrons. The maximum atomic E-state index is 9.83. The molecule has 1 aliphatic heterocycles. The predicted octanol–water partition coefficient (Wildman–Crippen LogP) is 2.33. The summed E-state index contributed by atoms with van der Waals surface area (Å²) in [5.41, 5.74) is 6.18. The number of nitrogens with one attached hydrogen (secondary N) is 2. The molecule has 0 spiro atoms. The fourth-order valence-electron chi connectivity index (χ4n) is 4.93. The van der Waals surface area contributed by atoms with E-state index in [-0.39, 0.29) is 0 Å². The number of rotatable bonds is 4. The molecule has 1 aromatic carbocycles. The molecule has 27 heavy (non-hydrogen) atoms. The van der Waals surface area contributed by atoms with Crippen molar-refractivity contribution < 1.29 is 4.90 Å². The van der Waals surface area contributed by atoms with Gasteiger partial charge in [-0.1, -0.05) is 12.1 Å². The van der Waals surface area contributed by atoms with Gasteiger partial charge in [-0.3, -0.25) is 4.40 Å². The van der Waals surface area contributed by atoms with Crippen LogP contribution in [0, 0.1) is 11.3 Å². The Kier molecular flexibility index (Phi) is 4.21. The van der Waals surface area contributed by atoms with Crippen LogP contribution in [0.2, 0.25) is 0 Å². The summed E-state index contributed by atoms with van der Waals surface area (Å²) in [6.45, 7) is 4.73. The second-order valence-electron chi connectivity index (χ2n) is 7.89. The number of anilines is 1. The molecular formula is C22H26N5+. The minimum absolute atomic E-state index is 0.769. The molecule has 5 rings (SSSR count). The Labute approximate surface area is 159 Å². The molecule has 1 fully saturated rings. The lowest BCUT2D eigenvalue weighted by Crippen LogP contribution is -3.13. The summed E-state index contributed by atoms with van der Waals surface area (Å²) < 4.78 is 2.20. The molecule has 2 aliphatic rings. The lowest BCUT2D eigenvalue weighted by Gasteiger charge is -2.24. The highest BCUT2D eigenvalue weighted by Crippen LogP contribution is 2.36. The van der Waals surface area contributed by atoms with Crippen molar-refractivity contribution in [2.24, 2.45) is 0 Å². The number of pyridine rings is 1. The molecule has 3 aromatic rings. The van der Waals surface area contributed by atoms with Crippen molar-refractivity contribution in [1.82, 2.24) is 9.38 Å². The lowest BCUT2D eigenvalue weighted by molar-refractivity contribution is -0.903. The van der Waals surface area contributed by atoms with Gasteiger partial charge in [-0.25, -0.2) is 4.98 Å². The van der Waals surface area contributed by atoms with E-state index in [0.717, 1.165) is 54.6 Å². The Morgan fingerprint density at radius 2 is 1.89 bits per heavy atom. The van der Waals surface area contributed by atoms with Gasteiger partial charge < -0.3 is 10.2 Å². The first-order valence-corrected chi connectivity index (χ1v) is 10.3. The molecule has 0 radical (unpaired) electrons. The number of hydrogen-bond donors (Lipinski definition) is 2. The van der Waals surface area contributed by atoms with Crippen LogP contribution in [0.4, 0.5) is 5.82 Å². The van der Waals surface area contributed by atoms with Crippen LogP contribution in [0.3, 0.4) is 0 Å². The number of fused-ring (bicyclic) bond motifs is 4. The normalized spacial score (nSPS) is 17.3. The topological polar surface area (TPSA) is 57.6 Å². The van der Waals surface area contributed by atoms with Gasteiger partial charge in [0, 0.05) is 0 Å². The summed E-state index contributed by atoms with van der Waals surface area (Å²) in [7, 11) is 0. The number of para-hydroxylation sites is 2. The Balaban J connectivity index is 1.58. The van der Waals surface area contributed by atoms with Crippen LogP contribution in [-0.2, 0) is 12.8 Å². The van der Waals surface area contributed by atoms with E-state index in [1.54, 1.807) is 4.90 Å². The zero-order valence-corrected chi connectivity index (χ0v) is 15.7. The first-order valence-electron chi connectivity index (χ1n) is 10.3. The molecule has 1 saturated heterocycles. The van der Waals surface area contributed by atoms with Crippen molar-refractivity contribution in [1.29, 1.82) is 5.26 Å². The predicted molar refractivity (Wildman–Crippen MR) is 107 cm³/mol. The van der Waals surface area contributed by atoms with Crippen molar-refractivity contribution in [2.75, 3.05) is 31.5 Å². The van der Waals surface area contributed by atoms with Gasteiger partial charge in [0.2, 0.25) is 0 Å². The third-order valence-corrected chi connectivity index (χ3v) is 6.26. The van der Waals surface area contributed by atoms with Crippen LogP contribution in [0.1, 0.15) is 42.4 Å². The van der Waals surface area contributed by atoms with Gasteiger partial charge in [0.25, 0.3) is 0 Å². The van der Waals surface area contributed by atoms with Crippen molar-refractivity contribution in [3.63, 3.8) is 0 Å². The summed E-state index contributed by atoms with van der Waals surface area (Å²) in [6.07, 6.45) is 7.27. The van der Waals surface area contributed by atoms with Gasteiger partial charge >= 0.3 is 0 Å². The number of imidazole rings is 1. The number of hydrogen-bond acceptors (Lipinski definition) is 3. The van der Waals surface area contributed by atoms with Crippen molar-refractivity contribution in [2.45, 2.75) is 38.5 Å². The van der Waals surface area contributed by atoms with E-state index in [1.165, 1.54) is 49.3 Å². The molecule has 2 N–H and O–H groups in total. The van der Waals surface area contributed by atoms with Crippen molar-refractivity contribution >= 4 is 22.5 Å². The molecule has 0 atom stereocenters. The molecule has 5 heteroatoms. The third-order valence-electron chi connectivity index (χ3n) is 6.26. The SMILES string of the molecule is N#Cc1c2c(c(NCC[NH+]3CCCCC3)n3c1nc1ccccc13)CCC2. The molecule has 0 bridgehead atoms. The Hall–Kier alpha value is -2.58. The summed E-state index contributed by atoms with van der Waals surface area (Å²) in [4.78, 5) is 6.53. The molecule has 0 unspecified atom stereocenters. The monoisotopic (exact) mass is 360 g/mol. The van der Waals surface area contributed by atoms with Crippen LogP contribution < -0.4 is 10.2 Å². The highest BCUT2D eigenvalue weighted by Gasteiger charge is 2.25. The highest BCUT2D eigenvalue weighted by molar-refractivity contribution is 5.86. The quantitative estimate of drug-likeness (QED) is 0.751. The second kappa shape index (κ2) is 6.86. The van der Waals surface area contributed by atoms with Crippen LogP contribution >= 0.6 is 0 Å². The van der Waals surface area contributed by atoms with E-state index in [4.69, 9.17) is 4.98 Å². The van der Waals surface area contributed by atoms with Crippen LogP contribution in [0.15, 0.2) is 24.3 Å². The maximum Gasteiger partial charge on any atom is 0.157 e. The van der Waals surface area contributed by atoms with E-state index >= 15 is 0 Å². The molecule has 1 aliphatic carbocycles. The molecule has 0 saturated carbocycles. The Morgan fingerprint density at radius 1 is 1.07 bits per heavy atom. The van der Waals surface area contributed by atoms with Gasteiger partial charge in [-0.05, 0) is 61.8 Å². The van der Waals surface area contributed by atoms with Crippen LogP contribution in [-0.4, -0.2) is 35.6 Å². The van der Waals surface area contributed by atoms with Gasteiger partial charge in [0.1, 0.15) is 11.9 Å². The fourth-order valence-corrected chi connectivity index (χ4v) is 4.93. The van der Waals surface area contributed by atoms with Gasteiger partial charge in [0.15, 0.2) is 5.65 Å². The molecule has 3 heterocycles. The van der Waals surface area contributed by atoms with E-state index in [0.29, 0.717) is 0 Å². The smallest absolute Gasteiger partial charge is 0.157 e. The molecule has 0 amide bonds.